The van der Waals surface area contributed by atoms with Crippen LogP contribution in [0, 0.1) is 6.92 Å². The van der Waals surface area contributed by atoms with Gasteiger partial charge in [0, 0.05) is 10.7 Å². The van der Waals surface area contributed by atoms with Crippen LogP contribution in [0.25, 0.3) is 0 Å². The summed E-state index contributed by atoms with van der Waals surface area (Å²) in [6.07, 6.45) is 6.08. The number of amides is 1. The molecular weight excluding hydrogens is 294 g/mol. The van der Waals surface area contributed by atoms with Crippen molar-refractivity contribution < 1.29 is 4.79 Å². The van der Waals surface area contributed by atoms with E-state index >= 15 is 0 Å². The molecule has 2 rings (SSSR count). The fraction of sp³-hybridized carbons (Fsp3) is 0.538. The van der Waals surface area contributed by atoms with E-state index in [1.165, 1.54) is 6.42 Å². The zero-order valence-corrected chi connectivity index (χ0v) is 12.1. The van der Waals surface area contributed by atoms with Crippen LogP contribution in [-0.4, -0.2) is 23.5 Å². The summed E-state index contributed by atoms with van der Waals surface area (Å²) in [5.41, 5.74) is 1.06. The molecule has 5 heteroatoms. The zero-order chi connectivity index (χ0) is 13.0. The van der Waals surface area contributed by atoms with Gasteiger partial charge in [-0.3, -0.25) is 4.79 Å². The van der Waals surface area contributed by atoms with Crippen LogP contribution in [0.2, 0.25) is 0 Å². The number of nitrogens with one attached hydrogen (secondary N) is 2. The van der Waals surface area contributed by atoms with Gasteiger partial charge in [-0.15, -0.1) is 0 Å². The molecule has 1 aromatic heterocycles. The number of carbonyl (C=O) groups is 1. The monoisotopic (exact) mass is 311 g/mol. The Labute approximate surface area is 116 Å². The molecule has 0 saturated carbocycles. The molecule has 18 heavy (non-hydrogen) atoms. The van der Waals surface area contributed by atoms with E-state index in [2.05, 4.69) is 31.5 Å². The molecule has 1 aliphatic heterocycles. The van der Waals surface area contributed by atoms with Gasteiger partial charge in [0.1, 0.15) is 5.82 Å². The van der Waals surface area contributed by atoms with Crippen molar-refractivity contribution in [3.05, 3.63) is 22.3 Å². The van der Waals surface area contributed by atoms with E-state index in [1.807, 2.05) is 13.0 Å². The summed E-state index contributed by atoms with van der Waals surface area (Å²) in [5.74, 6) is 0.637. The van der Waals surface area contributed by atoms with Crippen molar-refractivity contribution in [1.29, 1.82) is 0 Å². The number of pyridine rings is 1. The molecule has 1 atom stereocenters. The quantitative estimate of drug-likeness (QED) is 0.883. The first-order valence-corrected chi connectivity index (χ1v) is 7.12. The van der Waals surface area contributed by atoms with Gasteiger partial charge in [-0.2, -0.15) is 0 Å². The van der Waals surface area contributed by atoms with Crippen LogP contribution in [0.5, 0.6) is 0 Å². The Balaban J connectivity index is 1.99. The molecule has 0 aliphatic carbocycles. The molecular formula is C13H18BrN3O. The molecule has 0 spiro atoms. The minimum absolute atomic E-state index is 0.0196. The molecule has 2 heterocycles. The molecule has 1 aromatic rings. The standard InChI is InChI=1S/C13H18BrN3O/c1-9-7-12(16-8-10(9)14)17-13(18)11-5-3-2-4-6-15-11/h7-8,11,15H,2-6H2,1H3,(H,16,17,18). The van der Waals surface area contributed by atoms with Gasteiger partial charge in [-0.05, 0) is 53.9 Å². The number of aromatic nitrogens is 1. The predicted octanol–water partition coefficient (Wildman–Crippen LogP) is 2.62. The highest BCUT2D eigenvalue weighted by molar-refractivity contribution is 9.10. The third kappa shape index (κ3) is 3.53. The molecule has 0 aromatic carbocycles. The average molecular weight is 312 g/mol. The molecule has 0 radical (unpaired) electrons. The highest BCUT2D eigenvalue weighted by atomic mass is 79.9. The van der Waals surface area contributed by atoms with Crippen LogP contribution >= 0.6 is 15.9 Å². The molecule has 1 saturated heterocycles. The Hall–Kier alpha value is -0.940. The van der Waals surface area contributed by atoms with Gasteiger partial charge in [0.05, 0.1) is 6.04 Å². The van der Waals surface area contributed by atoms with Gasteiger partial charge >= 0.3 is 0 Å². The lowest BCUT2D eigenvalue weighted by Gasteiger charge is -2.15. The highest BCUT2D eigenvalue weighted by Crippen LogP contribution is 2.18. The fourth-order valence-corrected chi connectivity index (χ4v) is 2.29. The van der Waals surface area contributed by atoms with Gasteiger partial charge in [-0.1, -0.05) is 12.8 Å². The van der Waals surface area contributed by atoms with Crippen LogP contribution in [0.3, 0.4) is 0 Å². The number of rotatable bonds is 2. The van der Waals surface area contributed by atoms with Crippen molar-refractivity contribution in [1.82, 2.24) is 10.3 Å². The Morgan fingerprint density at radius 1 is 1.50 bits per heavy atom. The second-order valence-corrected chi connectivity index (χ2v) is 5.52. The fourth-order valence-electron chi connectivity index (χ4n) is 2.07. The number of carbonyl (C=O) groups excluding carboxylic acids is 1. The third-order valence-electron chi connectivity index (χ3n) is 3.17. The number of halogens is 1. The number of hydrogen-bond donors (Lipinski definition) is 2. The first-order valence-electron chi connectivity index (χ1n) is 6.33. The Morgan fingerprint density at radius 3 is 3.11 bits per heavy atom. The summed E-state index contributed by atoms with van der Waals surface area (Å²) < 4.78 is 0.952. The second kappa shape index (κ2) is 6.29. The third-order valence-corrected chi connectivity index (χ3v) is 4.01. The van der Waals surface area contributed by atoms with E-state index in [0.717, 1.165) is 35.8 Å². The molecule has 2 N–H and O–H groups in total. The van der Waals surface area contributed by atoms with Gasteiger partial charge in [0.2, 0.25) is 5.91 Å². The lowest BCUT2D eigenvalue weighted by Crippen LogP contribution is -2.40. The maximum absolute atomic E-state index is 12.1. The average Bonchev–Trinajstić information content (AvgIpc) is 2.62. The Kier molecular flexibility index (Phi) is 4.72. The Morgan fingerprint density at radius 2 is 2.33 bits per heavy atom. The lowest BCUT2D eigenvalue weighted by atomic mass is 10.1. The van der Waals surface area contributed by atoms with E-state index < -0.39 is 0 Å². The van der Waals surface area contributed by atoms with Gasteiger partial charge in [0.25, 0.3) is 0 Å². The van der Waals surface area contributed by atoms with E-state index in [4.69, 9.17) is 0 Å². The van der Waals surface area contributed by atoms with Crippen LogP contribution in [0.15, 0.2) is 16.7 Å². The van der Waals surface area contributed by atoms with E-state index in [9.17, 15) is 4.79 Å². The van der Waals surface area contributed by atoms with Crippen LogP contribution < -0.4 is 10.6 Å². The molecule has 4 nitrogen and oxygen atoms in total. The highest BCUT2D eigenvalue weighted by Gasteiger charge is 2.19. The van der Waals surface area contributed by atoms with Crippen molar-refractivity contribution in [2.24, 2.45) is 0 Å². The van der Waals surface area contributed by atoms with Gasteiger partial charge in [0.15, 0.2) is 0 Å². The molecule has 1 fully saturated rings. The molecule has 1 unspecified atom stereocenters. The van der Waals surface area contributed by atoms with Crippen molar-refractivity contribution in [3.8, 4) is 0 Å². The second-order valence-electron chi connectivity index (χ2n) is 4.66. The topological polar surface area (TPSA) is 54.0 Å². The Bertz CT molecular complexity index is 428. The zero-order valence-electron chi connectivity index (χ0n) is 10.5. The predicted molar refractivity (Wildman–Crippen MR) is 75.6 cm³/mol. The minimum Gasteiger partial charge on any atom is -0.309 e. The summed E-state index contributed by atoms with van der Waals surface area (Å²) in [5, 5.41) is 6.15. The summed E-state index contributed by atoms with van der Waals surface area (Å²) in [4.78, 5) is 16.3. The molecule has 1 amide bonds. The van der Waals surface area contributed by atoms with Crippen LogP contribution in [0.1, 0.15) is 31.2 Å². The maximum Gasteiger partial charge on any atom is 0.242 e. The lowest BCUT2D eigenvalue weighted by molar-refractivity contribution is -0.118. The smallest absolute Gasteiger partial charge is 0.242 e. The summed E-state index contributed by atoms with van der Waals surface area (Å²) in [6, 6.07) is 1.79. The molecule has 0 bridgehead atoms. The van der Waals surface area contributed by atoms with Gasteiger partial charge in [-0.25, -0.2) is 4.98 Å². The molecule has 1 aliphatic rings. The van der Waals surface area contributed by atoms with Crippen LogP contribution in [0.4, 0.5) is 5.82 Å². The van der Waals surface area contributed by atoms with Crippen LogP contribution in [-0.2, 0) is 4.79 Å². The number of anilines is 1. The minimum atomic E-state index is -0.0850. The summed E-state index contributed by atoms with van der Waals surface area (Å²) in [6.45, 7) is 2.90. The SMILES string of the molecule is Cc1cc(NC(=O)C2CCCCCN2)ncc1Br. The maximum atomic E-state index is 12.1. The van der Waals surface area contributed by atoms with E-state index in [0.29, 0.717) is 5.82 Å². The van der Waals surface area contributed by atoms with Crippen molar-refractivity contribution in [3.63, 3.8) is 0 Å². The van der Waals surface area contributed by atoms with Crippen molar-refractivity contribution in [2.75, 3.05) is 11.9 Å². The number of nitrogens with zero attached hydrogens (tertiary/aromatic N) is 1. The number of hydrogen-bond acceptors (Lipinski definition) is 3. The molecule has 98 valence electrons. The van der Waals surface area contributed by atoms with E-state index in [-0.39, 0.29) is 11.9 Å². The van der Waals surface area contributed by atoms with E-state index in [1.54, 1.807) is 6.20 Å². The van der Waals surface area contributed by atoms with Crippen molar-refractivity contribution in [2.45, 2.75) is 38.6 Å². The largest absolute Gasteiger partial charge is 0.309 e. The summed E-state index contributed by atoms with van der Waals surface area (Å²) >= 11 is 3.39. The first-order chi connectivity index (χ1) is 8.66. The number of aryl methyl sites for hydroxylation is 1. The van der Waals surface area contributed by atoms with Gasteiger partial charge < -0.3 is 10.6 Å². The normalized spacial score (nSPS) is 20.2. The first kappa shape index (κ1) is 13.5. The summed E-state index contributed by atoms with van der Waals surface area (Å²) in [7, 11) is 0. The van der Waals surface area contributed by atoms with Crippen molar-refractivity contribution >= 4 is 27.7 Å².